The highest BCUT2D eigenvalue weighted by Gasteiger charge is 2.33. The van der Waals surface area contributed by atoms with Crippen molar-refractivity contribution in [2.24, 2.45) is 0 Å². The van der Waals surface area contributed by atoms with Gasteiger partial charge in [0.15, 0.2) is 11.6 Å². The molecule has 1 heterocycles. The molecule has 1 atom stereocenters. The molecule has 2 N–H and O–H groups in total. The van der Waals surface area contributed by atoms with Gasteiger partial charge in [-0.25, -0.2) is 8.78 Å². The van der Waals surface area contributed by atoms with Crippen LogP contribution in [0.3, 0.4) is 0 Å². The molecule has 24 heavy (non-hydrogen) atoms. The number of methoxy groups -OCH3 is 1. The van der Waals surface area contributed by atoms with Gasteiger partial charge in [-0.3, -0.25) is 0 Å². The summed E-state index contributed by atoms with van der Waals surface area (Å²) in [6, 6.07) is 12.5. The lowest BCUT2D eigenvalue weighted by Gasteiger charge is -2.39. The van der Waals surface area contributed by atoms with E-state index < -0.39 is 11.6 Å². The standard InChI is InChI=1S/C19H22F2N2O/c1-24-18-11-17(21)16(20)10-14(18)12-23-19(8-5-9-22-13-19)15-6-3-2-4-7-15/h2-4,6-7,10-11,22-23H,5,8-9,12-13H2,1H3. The normalized spacial score (nSPS) is 20.8. The lowest BCUT2D eigenvalue weighted by molar-refractivity contribution is 0.247. The van der Waals surface area contributed by atoms with Crippen molar-refractivity contribution in [3.05, 3.63) is 65.2 Å². The van der Waals surface area contributed by atoms with E-state index in [2.05, 4.69) is 22.8 Å². The second kappa shape index (κ2) is 7.28. The average molecular weight is 332 g/mol. The maximum Gasteiger partial charge on any atom is 0.162 e. The molecule has 2 aromatic rings. The van der Waals surface area contributed by atoms with E-state index in [0.29, 0.717) is 17.9 Å². The predicted molar refractivity (Wildman–Crippen MR) is 90.0 cm³/mol. The van der Waals surface area contributed by atoms with Crippen molar-refractivity contribution in [2.75, 3.05) is 20.2 Å². The largest absolute Gasteiger partial charge is 0.496 e. The topological polar surface area (TPSA) is 33.3 Å². The summed E-state index contributed by atoms with van der Waals surface area (Å²) in [5.41, 5.74) is 1.58. The Morgan fingerprint density at radius 2 is 1.92 bits per heavy atom. The highest BCUT2D eigenvalue weighted by molar-refractivity contribution is 5.35. The van der Waals surface area contributed by atoms with Gasteiger partial charge in [-0.15, -0.1) is 0 Å². The molecule has 0 saturated carbocycles. The Morgan fingerprint density at radius 1 is 1.17 bits per heavy atom. The van der Waals surface area contributed by atoms with Crippen LogP contribution >= 0.6 is 0 Å². The Hall–Kier alpha value is -1.98. The zero-order valence-electron chi connectivity index (χ0n) is 13.7. The molecule has 0 aliphatic carbocycles. The molecular formula is C19H22F2N2O. The minimum Gasteiger partial charge on any atom is -0.496 e. The molecule has 3 rings (SSSR count). The first-order valence-corrected chi connectivity index (χ1v) is 8.18. The number of halogens is 2. The number of nitrogens with one attached hydrogen (secondary N) is 2. The molecule has 0 radical (unpaired) electrons. The smallest absolute Gasteiger partial charge is 0.162 e. The maximum atomic E-state index is 13.6. The molecule has 1 aliphatic rings. The van der Waals surface area contributed by atoms with Crippen LogP contribution in [0.15, 0.2) is 42.5 Å². The first-order valence-electron chi connectivity index (χ1n) is 8.18. The summed E-state index contributed by atoms with van der Waals surface area (Å²) in [5.74, 6) is -1.40. The van der Waals surface area contributed by atoms with Crippen LogP contribution < -0.4 is 15.4 Å². The maximum absolute atomic E-state index is 13.6. The number of ether oxygens (including phenoxy) is 1. The van der Waals surface area contributed by atoms with Crippen LogP contribution in [0.1, 0.15) is 24.0 Å². The molecule has 128 valence electrons. The lowest BCUT2D eigenvalue weighted by Crippen LogP contribution is -2.52. The first-order chi connectivity index (χ1) is 11.6. The molecule has 1 aliphatic heterocycles. The van der Waals surface area contributed by atoms with Gasteiger partial charge in [0, 0.05) is 24.7 Å². The molecular weight excluding hydrogens is 310 g/mol. The van der Waals surface area contributed by atoms with Crippen LogP contribution in [-0.4, -0.2) is 20.2 Å². The SMILES string of the molecule is COc1cc(F)c(F)cc1CNC1(c2ccccc2)CCCNC1. The van der Waals surface area contributed by atoms with E-state index in [4.69, 9.17) is 4.74 Å². The van der Waals surface area contributed by atoms with Gasteiger partial charge >= 0.3 is 0 Å². The molecule has 1 fully saturated rings. The Kier molecular flexibility index (Phi) is 5.11. The van der Waals surface area contributed by atoms with Crippen molar-refractivity contribution in [1.82, 2.24) is 10.6 Å². The molecule has 1 saturated heterocycles. The Labute approximate surface area is 141 Å². The fraction of sp³-hybridized carbons (Fsp3) is 0.368. The predicted octanol–water partition coefficient (Wildman–Crippen LogP) is 3.34. The zero-order valence-corrected chi connectivity index (χ0v) is 13.7. The summed E-state index contributed by atoms with van der Waals surface area (Å²) in [7, 11) is 1.46. The molecule has 5 heteroatoms. The third-order valence-corrected chi connectivity index (χ3v) is 4.65. The second-order valence-corrected chi connectivity index (χ2v) is 6.16. The Balaban J connectivity index is 1.86. The second-order valence-electron chi connectivity index (χ2n) is 6.16. The molecule has 1 unspecified atom stereocenters. The van der Waals surface area contributed by atoms with Gasteiger partial charge in [-0.2, -0.15) is 0 Å². The first kappa shape index (κ1) is 16.9. The molecule has 0 amide bonds. The van der Waals surface area contributed by atoms with Gasteiger partial charge in [-0.05, 0) is 31.0 Å². The van der Waals surface area contributed by atoms with Crippen molar-refractivity contribution in [2.45, 2.75) is 24.9 Å². The van der Waals surface area contributed by atoms with Crippen LogP contribution in [0.2, 0.25) is 0 Å². The van der Waals surface area contributed by atoms with E-state index in [1.807, 2.05) is 18.2 Å². The summed E-state index contributed by atoms with van der Waals surface area (Å²) >= 11 is 0. The van der Waals surface area contributed by atoms with Crippen LogP contribution in [0, 0.1) is 11.6 Å². The number of piperidine rings is 1. The lowest BCUT2D eigenvalue weighted by atomic mass is 9.83. The fourth-order valence-electron chi connectivity index (χ4n) is 3.32. The number of hydrogen-bond donors (Lipinski definition) is 2. The molecule has 2 aromatic carbocycles. The quantitative estimate of drug-likeness (QED) is 0.881. The van der Waals surface area contributed by atoms with Crippen molar-refractivity contribution < 1.29 is 13.5 Å². The highest BCUT2D eigenvalue weighted by atomic mass is 19.2. The summed E-state index contributed by atoms with van der Waals surface area (Å²) in [6.45, 7) is 2.19. The summed E-state index contributed by atoms with van der Waals surface area (Å²) in [6.07, 6.45) is 2.03. The van der Waals surface area contributed by atoms with Crippen LogP contribution in [0.25, 0.3) is 0 Å². The van der Waals surface area contributed by atoms with E-state index in [1.165, 1.54) is 18.7 Å². The van der Waals surface area contributed by atoms with Gasteiger partial charge in [0.2, 0.25) is 0 Å². The van der Waals surface area contributed by atoms with Crippen LogP contribution in [-0.2, 0) is 12.1 Å². The summed E-state index contributed by atoms with van der Waals surface area (Å²) in [5, 5.41) is 6.99. The summed E-state index contributed by atoms with van der Waals surface area (Å²) < 4.78 is 32.2. The molecule has 0 spiro atoms. The average Bonchev–Trinajstić information content (AvgIpc) is 2.64. The van der Waals surface area contributed by atoms with E-state index in [0.717, 1.165) is 32.0 Å². The van der Waals surface area contributed by atoms with Crippen LogP contribution in [0.5, 0.6) is 5.75 Å². The van der Waals surface area contributed by atoms with Crippen molar-refractivity contribution >= 4 is 0 Å². The van der Waals surface area contributed by atoms with Crippen molar-refractivity contribution in [1.29, 1.82) is 0 Å². The third-order valence-electron chi connectivity index (χ3n) is 4.65. The molecule has 0 bridgehead atoms. The fourth-order valence-corrected chi connectivity index (χ4v) is 3.32. The Morgan fingerprint density at radius 3 is 2.58 bits per heavy atom. The van der Waals surface area contributed by atoms with Gasteiger partial charge in [0.05, 0.1) is 12.6 Å². The summed E-state index contributed by atoms with van der Waals surface area (Å²) in [4.78, 5) is 0. The minimum atomic E-state index is -0.896. The Bertz CT molecular complexity index is 685. The van der Waals surface area contributed by atoms with Crippen molar-refractivity contribution in [3.63, 3.8) is 0 Å². The molecule has 0 aromatic heterocycles. The van der Waals surface area contributed by atoms with Crippen molar-refractivity contribution in [3.8, 4) is 5.75 Å². The van der Waals surface area contributed by atoms with Gasteiger partial charge in [0.1, 0.15) is 5.75 Å². The van der Waals surface area contributed by atoms with E-state index in [1.54, 1.807) is 0 Å². The number of benzene rings is 2. The van der Waals surface area contributed by atoms with Gasteiger partial charge in [-0.1, -0.05) is 30.3 Å². The van der Waals surface area contributed by atoms with E-state index >= 15 is 0 Å². The minimum absolute atomic E-state index is 0.227. The number of hydrogen-bond acceptors (Lipinski definition) is 3. The van der Waals surface area contributed by atoms with Crippen LogP contribution in [0.4, 0.5) is 8.78 Å². The van der Waals surface area contributed by atoms with Gasteiger partial charge in [0.25, 0.3) is 0 Å². The van der Waals surface area contributed by atoms with E-state index in [-0.39, 0.29) is 5.54 Å². The molecule has 3 nitrogen and oxygen atoms in total. The van der Waals surface area contributed by atoms with Gasteiger partial charge < -0.3 is 15.4 Å². The van der Waals surface area contributed by atoms with E-state index in [9.17, 15) is 8.78 Å². The zero-order chi connectivity index (χ0) is 17.0. The third kappa shape index (κ3) is 3.42. The monoisotopic (exact) mass is 332 g/mol. The highest BCUT2D eigenvalue weighted by Crippen LogP contribution is 2.30. The number of rotatable bonds is 5.